The molecule has 2 aromatic carbocycles. The second-order valence-electron chi connectivity index (χ2n) is 6.97. The number of hydrogen-bond acceptors (Lipinski definition) is 0. The third kappa shape index (κ3) is 2.77. The Bertz CT molecular complexity index is 839. The van der Waals surface area contributed by atoms with Crippen molar-refractivity contribution in [1.82, 2.24) is 4.57 Å². The Kier molecular flexibility index (Phi) is 3.97. The highest BCUT2D eigenvalue weighted by molar-refractivity contribution is 5.62. The molecule has 2 heterocycles. The lowest BCUT2D eigenvalue weighted by molar-refractivity contribution is -0.702. The van der Waals surface area contributed by atoms with E-state index in [1.165, 1.54) is 53.2 Å². The summed E-state index contributed by atoms with van der Waals surface area (Å²) in [6, 6.07) is 17.8. The van der Waals surface area contributed by atoms with Crippen LogP contribution in [-0.2, 0) is 13.0 Å². The highest BCUT2D eigenvalue weighted by atomic mass is 15.2. The summed E-state index contributed by atoms with van der Waals surface area (Å²) in [5, 5.41) is 0. The molecule has 0 N–H and O–H groups in total. The largest absolute Gasteiger partial charge is 0.262 e. The van der Waals surface area contributed by atoms with E-state index in [0.717, 1.165) is 13.0 Å². The quantitative estimate of drug-likeness (QED) is 0.602. The van der Waals surface area contributed by atoms with Crippen LogP contribution in [0.2, 0.25) is 0 Å². The summed E-state index contributed by atoms with van der Waals surface area (Å²) in [5.41, 5.74) is 6.48. The lowest BCUT2D eigenvalue weighted by atomic mass is 10.1. The molecule has 0 saturated carbocycles. The number of hydrogen-bond donors (Lipinski definition) is 0. The molecule has 24 heavy (non-hydrogen) atoms. The van der Waals surface area contributed by atoms with Gasteiger partial charge in [-0.3, -0.25) is 0 Å². The molecule has 1 aromatic heterocycles. The Morgan fingerprint density at radius 3 is 2.17 bits per heavy atom. The Morgan fingerprint density at radius 1 is 0.792 bits per heavy atom. The van der Waals surface area contributed by atoms with Gasteiger partial charge in [0.15, 0.2) is 5.69 Å². The van der Waals surface area contributed by atoms with Gasteiger partial charge in [-0.05, 0) is 45.2 Å². The van der Waals surface area contributed by atoms with E-state index in [2.05, 4.69) is 77.7 Å². The van der Waals surface area contributed by atoms with Crippen molar-refractivity contribution in [2.45, 2.75) is 46.1 Å². The molecule has 2 nitrogen and oxygen atoms in total. The van der Waals surface area contributed by atoms with Gasteiger partial charge in [0, 0.05) is 12.0 Å². The third-order valence-electron chi connectivity index (χ3n) is 5.05. The van der Waals surface area contributed by atoms with E-state index in [9.17, 15) is 0 Å². The monoisotopic (exact) mass is 317 g/mol. The minimum atomic E-state index is 1.13. The zero-order chi connectivity index (χ0) is 16.5. The SMILES string of the molecule is Cc1ccc(-c2c[n+]3c(n2-c2ccc(C)cc2)CCCCC3)cc1. The van der Waals surface area contributed by atoms with Crippen LogP contribution in [0.25, 0.3) is 16.9 Å². The highest BCUT2D eigenvalue weighted by Gasteiger charge is 2.26. The number of aryl methyl sites for hydroxylation is 3. The molecule has 3 aromatic rings. The molecule has 1 aliphatic heterocycles. The van der Waals surface area contributed by atoms with Gasteiger partial charge >= 0.3 is 0 Å². The fraction of sp³-hybridized carbons (Fsp3) is 0.318. The van der Waals surface area contributed by atoms with E-state index in [0.29, 0.717) is 0 Å². The fourth-order valence-electron chi connectivity index (χ4n) is 3.65. The molecule has 0 amide bonds. The van der Waals surface area contributed by atoms with Crippen LogP contribution < -0.4 is 4.57 Å². The molecule has 0 spiro atoms. The molecular weight excluding hydrogens is 292 g/mol. The molecule has 2 heteroatoms. The molecule has 1 aliphatic rings. The van der Waals surface area contributed by atoms with Crippen LogP contribution in [0.15, 0.2) is 54.7 Å². The van der Waals surface area contributed by atoms with Crippen molar-refractivity contribution in [1.29, 1.82) is 0 Å². The van der Waals surface area contributed by atoms with Gasteiger partial charge in [0.1, 0.15) is 11.9 Å². The summed E-state index contributed by atoms with van der Waals surface area (Å²) in [4.78, 5) is 0. The summed E-state index contributed by atoms with van der Waals surface area (Å²) >= 11 is 0. The molecule has 0 radical (unpaired) electrons. The van der Waals surface area contributed by atoms with Gasteiger partial charge in [0.05, 0.1) is 6.54 Å². The smallest absolute Gasteiger partial charge is 0.233 e. The predicted molar refractivity (Wildman–Crippen MR) is 98.4 cm³/mol. The molecule has 0 saturated heterocycles. The molecule has 4 rings (SSSR count). The first-order valence-electron chi connectivity index (χ1n) is 9.00. The Hall–Kier alpha value is -2.35. The number of aromatic nitrogens is 2. The lowest BCUT2D eigenvalue weighted by Gasteiger charge is -2.06. The molecule has 122 valence electrons. The Balaban J connectivity index is 1.92. The third-order valence-corrected chi connectivity index (χ3v) is 5.05. The topological polar surface area (TPSA) is 8.81 Å². The van der Waals surface area contributed by atoms with E-state index in [1.807, 2.05) is 0 Å². The van der Waals surface area contributed by atoms with Crippen LogP contribution in [0, 0.1) is 13.8 Å². The van der Waals surface area contributed by atoms with Crippen molar-refractivity contribution >= 4 is 0 Å². The highest BCUT2D eigenvalue weighted by Crippen LogP contribution is 2.27. The van der Waals surface area contributed by atoms with Crippen molar-refractivity contribution in [3.8, 4) is 16.9 Å². The zero-order valence-corrected chi connectivity index (χ0v) is 14.6. The fourth-order valence-corrected chi connectivity index (χ4v) is 3.65. The van der Waals surface area contributed by atoms with Crippen molar-refractivity contribution in [3.63, 3.8) is 0 Å². The minimum absolute atomic E-state index is 1.13. The van der Waals surface area contributed by atoms with Gasteiger partial charge < -0.3 is 0 Å². The molecule has 0 fully saturated rings. The van der Waals surface area contributed by atoms with E-state index >= 15 is 0 Å². The summed E-state index contributed by atoms with van der Waals surface area (Å²) in [5.74, 6) is 1.44. The van der Waals surface area contributed by atoms with Crippen LogP contribution in [-0.4, -0.2) is 4.57 Å². The maximum atomic E-state index is 2.47. The summed E-state index contributed by atoms with van der Waals surface area (Å²) in [6.45, 7) is 5.43. The van der Waals surface area contributed by atoms with Gasteiger partial charge in [-0.1, -0.05) is 47.5 Å². The first-order chi connectivity index (χ1) is 11.7. The maximum absolute atomic E-state index is 2.47. The van der Waals surface area contributed by atoms with Gasteiger partial charge in [0.25, 0.3) is 5.82 Å². The molecule has 0 unspecified atom stereocenters. The number of fused-ring (bicyclic) bond motifs is 1. The average Bonchev–Trinajstić information content (AvgIpc) is 2.79. The minimum Gasteiger partial charge on any atom is -0.233 e. The lowest BCUT2D eigenvalue weighted by Crippen LogP contribution is -2.35. The average molecular weight is 317 g/mol. The van der Waals surface area contributed by atoms with Gasteiger partial charge in [0.2, 0.25) is 0 Å². The van der Waals surface area contributed by atoms with Gasteiger partial charge in [-0.15, -0.1) is 0 Å². The Labute approximate surface area is 144 Å². The van der Waals surface area contributed by atoms with Crippen molar-refractivity contribution in [2.75, 3.05) is 0 Å². The second kappa shape index (κ2) is 6.27. The van der Waals surface area contributed by atoms with E-state index < -0.39 is 0 Å². The first kappa shape index (κ1) is 15.2. The van der Waals surface area contributed by atoms with Crippen LogP contribution in [0.5, 0.6) is 0 Å². The standard InChI is InChI=1S/C22H25N2/c1-17-7-11-19(12-8-17)21-16-23-15-5-3-4-6-22(23)24(21)20-13-9-18(2)10-14-20/h7-14,16H,3-6,15H2,1-2H3/q+1. The van der Waals surface area contributed by atoms with E-state index in [-0.39, 0.29) is 0 Å². The van der Waals surface area contributed by atoms with Crippen molar-refractivity contribution < 1.29 is 4.57 Å². The Morgan fingerprint density at radius 2 is 1.46 bits per heavy atom. The second-order valence-corrected chi connectivity index (χ2v) is 6.97. The molecule has 0 aliphatic carbocycles. The first-order valence-corrected chi connectivity index (χ1v) is 9.00. The van der Waals surface area contributed by atoms with Crippen molar-refractivity contribution in [2.24, 2.45) is 0 Å². The van der Waals surface area contributed by atoms with E-state index in [4.69, 9.17) is 0 Å². The van der Waals surface area contributed by atoms with Crippen LogP contribution in [0.4, 0.5) is 0 Å². The number of benzene rings is 2. The van der Waals surface area contributed by atoms with Crippen LogP contribution >= 0.6 is 0 Å². The zero-order valence-electron chi connectivity index (χ0n) is 14.6. The summed E-state index contributed by atoms with van der Waals surface area (Å²) in [6.07, 6.45) is 7.40. The number of nitrogens with zero attached hydrogens (tertiary/aromatic N) is 2. The predicted octanol–water partition coefficient (Wildman–Crippen LogP) is 4.78. The van der Waals surface area contributed by atoms with Crippen LogP contribution in [0.3, 0.4) is 0 Å². The molecule has 0 bridgehead atoms. The van der Waals surface area contributed by atoms with Crippen LogP contribution in [0.1, 0.15) is 36.2 Å². The molecule has 0 atom stereocenters. The normalized spacial score (nSPS) is 14.2. The van der Waals surface area contributed by atoms with Crippen molar-refractivity contribution in [3.05, 3.63) is 71.7 Å². The summed E-state index contributed by atoms with van der Waals surface area (Å²) < 4.78 is 4.94. The van der Waals surface area contributed by atoms with E-state index in [1.54, 1.807) is 0 Å². The number of imidazole rings is 1. The number of rotatable bonds is 2. The van der Waals surface area contributed by atoms with Gasteiger partial charge in [-0.2, -0.15) is 4.57 Å². The summed E-state index contributed by atoms with van der Waals surface area (Å²) in [7, 11) is 0. The van der Waals surface area contributed by atoms with Gasteiger partial charge in [-0.25, -0.2) is 4.57 Å². The maximum Gasteiger partial charge on any atom is 0.262 e. The molecular formula is C22H25N2+.